The number of nitrogens with zero attached hydrogens (tertiary/aromatic N) is 1. The monoisotopic (exact) mass is 351 g/mol. The molecule has 0 saturated heterocycles. The average molecular weight is 351 g/mol. The number of rotatable bonds is 3. The Kier molecular flexibility index (Phi) is 4.67. The maximum Gasteiger partial charge on any atom is 0.313 e. The van der Waals surface area contributed by atoms with Crippen LogP contribution in [-0.4, -0.2) is 16.8 Å². The van der Waals surface area contributed by atoms with Crippen molar-refractivity contribution in [3.05, 3.63) is 72.2 Å². The van der Waals surface area contributed by atoms with Crippen molar-refractivity contribution in [1.29, 1.82) is 0 Å². The lowest BCUT2D eigenvalue weighted by Gasteiger charge is -2.27. The highest BCUT2D eigenvalue weighted by Crippen LogP contribution is 2.23. The number of halogens is 1. The van der Waals surface area contributed by atoms with E-state index in [0.717, 1.165) is 5.39 Å². The lowest BCUT2D eigenvalue weighted by atomic mass is 9.93. The Labute approximate surface area is 150 Å². The Bertz CT molecular complexity index is 980. The Morgan fingerprint density at radius 1 is 0.962 bits per heavy atom. The number of hydrogen-bond donors (Lipinski definition) is 2. The zero-order chi connectivity index (χ0) is 18.7. The molecule has 0 spiro atoms. The van der Waals surface area contributed by atoms with E-state index in [-0.39, 0.29) is 0 Å². The van der Waals surface area contributed by atoms with Gasteiger partial charge < -0.3 is 10.6 Å². The fourth-order valence-electron chi connectivity index (χ4n) is 2.76. The molecule has 3 aromatic rings. The van der Waals surface area contributed by atoms with Gasteiger partial charge in [-0.25, -0.2) is 4.39 Å². The summed E-state index contributed by atoms with van der Waals surface area (Å²) >= 11 is 0. The van der Waals surface area contributed by atoms with Crippen LogP contribution in [0.2, 0.25) is 0 Å². The van der Waals surface area contributed by atoms with E-state index in [4.69, 9.17) is 0 Å². The number of pyridine rings is 1. The van der Waals surface area contributed by atoms with Crippen molar-refractivity contribution in [3.8, 4) is 0 Å². The number of aromatic nitrogens is 1. The summed E-state index contributed by atoms with van der Waals surface area (Å²) in [4.78, 5) is 28.9. The zero-order valence-corrected chi connectivity index (χ0v) is 14.4. The first kappa shape index (κ1) is 17.5. The molecule has 0 aliphatic rings. The van der Waals surface area contributed by atoms with Crippen LogP contribution in [0.25, 0.3) is 10.9 Å². The van der Waals surface area contributed by atoms with Crippen LogP contribution in [0.4, 0.5) is 10.1 Å². The maximum atomic E-state index is 14.0. The molecule has 0 bridgehead atoms. The summed E-state index contributed by atoms with van der Waals surface area (Å²) < 4.78 is 14.0. The summed E-state index contributed by atoms with van der Waals surface area (Å²) in [5.41, 5.74) is 0.279. The summed E-state index contributed by atoms with van der Waals surface area (Å²) in [5, 5.41) is 5.98. The van der Waals surface area contributed by atoms with Crippen LogP contribution in [0.3, 0.4) is 0 Å². The SMILES string of the molecule is CC(C)(NC(=O)C(=O)Nc1cccc2cccnc12)c1ccccc1F. The number of carbonyl (C=O) groups excluding carboxylic acids is 2. The number of amides is 2. The molecule has 0 aliphatic heterocycles. The molecule has 0 atom stereocenters. The van der Waals surface area contributed by atoms with Gasteiger partial charge in [0, 0.05) is 17.1 Å². The van der Waals surface area contributed by atoms with Crippen LogP contribution in [0.15, 0.2) is 60.8 Å². The van der Waals surface area contributed by atoms with E-state index in [1.807, 2.05) is 12.1 Å². The van der Waals surface area contributed by atoms with Gasteiger partial charge in [-0.05, 0) is 32.0 Å². The largest absolute Gasteiger partial charge is 0.339 e. The van der Waals surface area contributed by atoms with Gasteiger partial charge in [0.2, 0.25) is 0 Å². The maximum absolute atomic E-state index is 14.0. The Morgan fingerprint density at radius 3 is 2.46 bits per heavy atom. The van der Waals surface area contributed by atoms with Crippen LogP contribution in [0.5, 0.6) is 0 Å². The van der Waals surface area contributed by atoms with E-state index in [9.17, 15) is 14.0 Å². The second-order valence-corrected chi connectivity index (χ2v) is 6.39. The molecule has 132 valence electrons. The first-order chi connectivity index (χ1) is 12.4. The quantitative estimate of drug-likeness (QED) is 0.711. The van der Waals surface area contributed by atoms with Crippen molar-refractivity contribution in [1.82, 2.24) is 10.3 Å². The molecule has 6 heteroatoms. The average Bonchev–Trinajstić information content (AvgIpc) is 2.62. The van der Waals surface area contributed by atoms with Crippen molar-refractivity contribution in [3.63, 3.8) is 0 Å². The number of benzene rings is 2. The minimum absolute atomic E-state index is 0.299. The minimum Gasteiger partial charge on any atom is -0.339 e. The van der Waals surface area contributed by atoms with Crippen molar-refractivity contribution >= 4 is 28.4 Å². The summed E-state index contributed by atoms with van der Waals surface area (Å²) in [6.45, 7) is 3.27. The van der Waals surface area contributed by atoms with Gasteiger partial charge in [-0.15, -0.1) is 0 Å². The summed E-state index contributed by atoms with van der Waals surface area (Å²) in [6.07, 6.45) is 1.61. The number of fused-ring (bicyclic) bond motifs is 1. The van der Waals surface area contributed by atoms with Crippen LogP contribution < -0.4 is 10.6 Å². The van der Waals surface area contributed by atoms with Crippen molar-refractivity contribution in [2.75, 3.05) is 5.32 Å². The lowest BCUT2D eigenvalue weighted by molar-refractivity contribution is -0.137. The summed E-state index contributed by atoms with van der Waals surface area (Å²) in [5.74, 6) is -2.14. The molecule has 0 radical (unpaired) electrons. The Hall–Kier alpha value is -3.28. The molecule has 0 unspecified atom stereocenters. The van der Waals surface area contributed by atoms with Crippen LogP contribution in [-0.2, 0) is 15.1 Å². The molecule has 2 N–H and O–H groups in total. The Morgan fingerprint density at radius 2 is 1.69 bits per heavy atom. The fraction of sp³-hybridized carbons (Fsp3) is 0.150. The van der Waals surface area contributed by atoms with Crippen LogP contribution >= 0.6 is 0 Å². The van der Waals surface area contributed by atoms with Gasteiger partial charge in [-0.1, -0.05) is 36.4 Å². The first-order valence-electron chi connectivity index (χ1n) is 8.11. The molecular formula is C20H18FN3O2. The van der Waals surface area contributed by atoms with E-state index < -0.39 is 23.2 Å². The smallest absolute Gasteiger partial charge is 0.313 e. The number of anilines is 1. The molecule has 3 rings (SSSR count). The van der Waals surface area contributed by atoms with E-state index in [0.29, 0.717) is 16.8 Å². The van der Waals surface area contributed by atoms with E-state index in [2.05, 4.69) is 15.6 Å². The van der Waals surface area contributed by atoms with Gasteiger partial charge in [0.1, 0.15) is 5.82 Å². The molecule has 26 heavy (non-hydrogen) atoms. The Balaban J connectivity index is 1.78. The number of carbonyl (C=O) groups is 2. The standard InChI is InChI=1S/C20H18FN3O2/c1-20(2,14-9-3-4-10-15(14)21)24-19(26)18(25)23-16-11-5-7-13-8-6-12-22-17(13)16/h3-12H,1-2H3,(H,23,25)(H,24,26). The predicted octanol–water partition coefficient (Wildman–Crippen LogP) is 3.36. The van der Waals surface area contributed by atoms with Gasteiger partial charge in [-0.3, -0.25) is 14.6 Å². The molecule has 0 fully saturated rings. The van der Waals surface area contributed by atoms with Crippen molar-refractivity contribution < 1.29 is 14.0 Å². The van der Waals surface area contributed by atoms with E-state index >= 15 is 0 Å². The molecule has 2 amide bonds. The fourth-order valence-corrected chi connectivity index (χ4v) is 2.76. The third-order valence-corrected chi connectivity index (χ3v) is 4.06. The molecule has 2 aromatic carbocycles. The second kappa shape index (κ2) is 6.92. The third-order valence-electron chi connectivity index (χ3n) is 4.06. The van der Waals surface area contributed by atoms with Crippen LogP contribution in [0.1, 0.15) is 19.4 Å². The first-order valence-corrected chi connectivity index (χ1v) is 8.11. The van der Waals surface area contributed by atoms with Gasteiger partial charge in [0.05, 0.1) is 16.7 Å². The zero-order valence-electron chi connectivity index (χ0n) is 14.4. The molecular weight excluding hydrogens is 333 g/mol. The normalized spacial score (nSPS) is 11.2. The topological polar surface area (TPSA) is 71.1 Å². The molecule has 0 saturated carbocycles. The third kappa shape index (κ3) is 3.54. The summed E-state index contributed by atoms with van der Waals surface area (Å²) in [6, 6.07) is 15.1. The molecule has 1 aromatic heterocycles. The predicted molar refractivity (Wildman–Crippen MR) is 97.9 cm³/mol. The minimum atomic E-state index is -1.04. The van der Waals surface area contributed by atoms with E-state index in [1.165, 1.54) is 6.07 Å². The van der Waals surface area contributed by atoms with Crippen molar-refractivity contribution in [2.45, 2.75) is 19.4 Å². The second-order valence-electron chi connectivity index (χ2n) is 6.39. The van der Waals surface area contributed by atoms with E-state index in [1.54, 1.807) is 56.4 Å². The molecule has 5 nitrogen and oxygen atoms in total. The highest BCUT2D eigenvalue weighted by atomic mass is 19.1. The lowest BCUT2D eigenvalue weighted by Crippen LogP contribution is -2.46. The van der Waals surface area contributed by atoms with Gasteiger partial charge in [0.25, 0.3) is 0 Å². The molecule has 0 aliphatic carbocycles. The molecule has 1 heterocycles. The number of hydrogen-bond acceptors (Lipinski definition) is 3. The summed E-state index contributed by atoms with van der Waals surface area (Å²) in [7, 11) is 0. The number of nitrogens with one attached hydrogen (secondary N) is 2. The number of para-hydroxylation sites is 1. The van der Waals surface area contributed by atoms with Gasteiger partial charge in [-0.2, -0.15) is 0 Å². The van der Waals surface area contributed by atoms with Crippen LogP contribution in [0, 0.1) is 5.82 Å². The van der Waals surface area contributed by atoms with Gasteiger partial charge in [0.15, 0.2) is 0 Å². The van der Waals surface area contributed by atoms with Gasteiger partial charge >= 0.3 is 11.8 Å². The van der Waals surface area contributed by atoms with Crippen molar-refractivity contribution in [2.24, 2.45) is 0 Å². The highest BCUT2D eigenvalue weighted by molar-refractivity contribution is 6.40. The highest BCUT2D eigenvalue weighted by Gasteiger charge is 2.28.